The first-order valence-electron chi connectivity index (χ1n) is 7.51. The van der Waals surface area contributed by atoms with Crippen LogP contribution < -0.4 is 4.90 Å². The summed E-state index contributed by atoms with van der Waals surface area (Å²) < 4.78 is 0. The van der Waals surface area contributed by atoms with E-state index in [2.05, 4.69) is 16.8 Å². The van der Waals surface area contributed by atoms with Crippen LogP contribution in [-0.2, 0) is 4.79 Å². The van der Waals surface area contributed by atoms with Crippen LogP contribution in [0.2, 0.25) is 0 Å². The van der Waals surface area contributed by atoms with Crippen LogP contribution in [0, 0.1) is 28.9 Å². The zero-order chi connectivity index (χ0) is 18.1. The predicted molar refractivity (Wildman–Crippen MR) is 93.9 cm³/mol. The summed E-state index contributed by atoms with van der Waals surface area (Å²) in [5, 5.41) is 20.4. The molecule has 0 unspecified atom stereocenters. The van der Waals surface area contributed by atoms with Crippen LogP contribution in [0.1, 0.15) is 22.4 Å². The zero-order valence-electron chi connectivity index (χ0n) is 13.7. The number of rotatable bonds is 2. The number of nitro groups is 1. The molecule has 1 aromatic carbocycles. The van der Waals surface area contributed by atoms with Crippen molar-refractivity contribution in [1.29, 1.82) is 0 Å². The fraction of sp³-hybridized carbons (Fsp3) is 0.167. The van der Waals surface area contributed by atoms with E-state index in [4.69, 9.17) is 5.11 Å². The average molecular weight is 337 g/mol. The van der Waals surface area contributed by atoms with Gasteiger partial charge in [0.05, 0.1) is 16.2 Å². The van der Waals surface area contributed by atoms with E-state index in [1.807, 2.05) is 13.0 Å². The number of aromatic amines is 1. The van der Waals surface area contributed by atoms with E-state index in [1.54, 1.807) is 19.3 Å². The van der Waals surface area contributed by atoms with Crippen LogP contribution in [0.3, 0.4) is 0 Å². The number of likely N-dealkylation sites (N-methyl/N-ethyl adjacent to an activating group) is 1. The number of aliphatic hydroxyl groups is 1. The monoisotopic (exact) mass is 337 g/mol. The van der Waals surface area contributed by atoms with E-state index in [0.29, 0.717) is 16.8 Å². The summed E-state index contributed by atoms with van der Waals surface area (Å²) in [5.41, 5.74) is 2.92. The number of carbonyl (C=O) groups is 1. The largest absolute Gasteiger partial charge is 0.384 e. The SMILES string of the molecule is Cc1cc[nH]c1/C=C1\C(=O)N(C)c2ccc([N+](=O)[O-])c(C#CCO)c21. The number of hydrogen-bond donors (Lipinski definition) is 2. The molecule has 1 amide bonds. The second-order valence-corrected chi connectivity index (χ2v) is 5.57. The van der Waals surface area contributed by atoms with Crippen LogP contribution in [-0.4, -0.2) is 34.6 Å². The van der Waals surface area contributed by atoms with Crippen LogP contribution >= 0.6 is 0 Å². The predicted octanol–water partition coefficient (Wildman–Crippen LogP) is 2.09. The molecule has 1 aromatic heterocycles. The summed E-state index contributed by atoms with van der Waals surface area (Å²) in [6.07, 6.45) is 3.43. The fourth-order valence-electron chi connectivity index (χ4n) is 2.83. The number of nitro benzene ring substituents is 1. The van der Waals surface area contributed by atoms with Gasteiger partial charge in [-0.3, -0.25) is 14.9 Å². The first-order valence-corrected chi connectivity index (χ1v) is 7.51. The van der Waals surface area contributed by atoms with E-state index in [-0.39, 0.29) is 17.2 Å². The Labute approximate surface area is 143 Å². The number of H-pyrrole nitrogens is 1. The van der Waals surface area contributed by atoms with Gasteiger partial charge in [0, 0.05) is 30.6 Å². The maximum atomic E-state index is 12.7. The first kappa shape index (κ1) is 16.5. The smallest absolute Gasteiger partial charge is 0.285 e. The van der Waals surface area contributed by atoms with Gasteiger partial charge in [0.2, 0.25) is 0 Å². The molecule has 2 heterocycles. The molecule has 2 N–H and O–H groups in total. The Kier molecular flexibility index (Phi) is 4.13. The third kappa shape index (κ3) is 2.69. The van der Waals surface area contributed by atoms with Crippen molar-refractivity contribution in [2.75, 3.05) is 18.6 Å². The Morgan fingerprint density at radius 1 is 1.40 bits per heavy atom. The molecule has 0 spiro atoms. The van der Waals surface area contributed by atoms with Gasteiger partial charge in [0.25, 0.3) is 11.6 Å². The number of nitrogens with one attached hydrogen (secondary N) is 1. The van der Waals surface area contributed by atoms with Crippen molar-refractivity contribution in [1.82, 2.24) is 4.98 Å². The highest BCUT2D eigenvalue weighted by Crippen LogP contribution is 2.42. The molecule has 0 saturated heterocycles. The summed E-state index contributed by atoms with van der Waals surface area (Å²) in [5.74, 6) is 4.82. The van der Waals surface area contributed by atoms with E-state index >= 15 is 0 Å². The Balaban J connectivity index is 2.33. The molecule has 0 fully saturated rings. The number of benzene rings is 1. The van der Waals surface area contributed by atoms with Crippen LogP contribution in [0.25, 0.3) is 11.6 Å². The molecule has 126 valence electrons. The minimum absolute atomic E-state index is 0.129. The van der Waals surface area contributed by atoms with Crippen molar-refractivity contribution in [2.45, 2.75) is 6.92 Å². The first-order chi connectivity index (χ1) is 12.0. The van der Waals surface area contributed by atoms with Gasteiger partial charge >= 0.3 is 0 Å². The number of aromatic nitrogens is 1. The van der Waals surface area contributed by atoms with E-state index in [0.717, 1.165) is 11.3 Å². The van der Waals surface area contributed by atoms with Crippen molar-refractivity contribution >= 4 is 28.9 Å². The van der Waals surface area contributed by atoms with E-state index in [1.165, 1.54) is 17.0 Å². The Hall–Kier alpha value is -3.37. The zero-order valence-corrected chi connectivity index (χ0v) is 13.7. The van der Waals surface area contributed by atoms with E-state index < -0.39 is 11.5 Å². The molecular formula is C18H15N3O4. The number of anilines is 1. The minimum atomic E-state index is -0.540. The lowest BCUT2D eigenvalue weighted by molar-refractivity contribution is -0.385. The van der Waals surface area contributed by atoms with Crippen LogP contribution in [0.5, 0.6) is 0 Å². The third-order valence-electron chi connectivity index (χ3n) is 4.10. The van der Waals surface area contributed by atoms with Gasteiger partial charge in [0.15, 0.2) is 0 Å². The van der Waals surface area contributed by atoms with Crippen molar-refractivity contribution in [2.24, 2.45) is 0 Å². The van der Waals surface area contributed by atoms with Gasteiger partial charge < -0.3 is 15.0 Å². The third-order valence-corrected chi connectivity index (χ3v) is 4.10. The van der Waals surface area contributed by atoms with Gasteiger partial charge in [-0.25, -0.2) is 0 Å². The molecule has 0 radical (unpaired) electrons. The average Bonchev–Trinajstić information content (AvgIpc) is 3.09. The number of fused-ring (bicyclic) bond motifs is 1. The summed E-state index contributed by atoms with van der Waals surface area (Å²) in [4.78, 5) is 28.0. The maximum Gasteiger partial charge on any atom is 0.285 e. The van der Waals surface area contributed by atoms with Crippen molar-refractivity contribution in [3.05, 3.63) is 56.9 Å². The van der Waals surface area contributed by atoms with E-state index in [9.17, 15) is 14.9 Å². The lowest BCUT2D eigenvalue weighted by Crippen LogP contribution is -2.20. The second kappa shape index (κ2) is 6.26. The normalized spacial score (nSPS) is 14.4. The van der Waals surface area contributed by atoms with Gasteiger partial charge in [-0.1, -0.05) is 11.8 Å². The second-order valence-electron chi connectivity index (χ2n) is 5.57. The fourth-order valence-corrected chi connectivity index (χ4v) is 2.83. The number of nitrogens with zero attached hydrogens (tertiary/aromatic N) is 2. The van der Waals surface area contributed by atoms with Crippen LogP contribution in [0.4, 0.5) is 11.4 Å². The number of aryl methyl sites for hydroxylation is 1. The lowest BCUT2D eigenvalue weighted by Gasteiger charge is -2.09. The Morgan fingerprint density at radius 3 is 2.76 bits per heavy atom. The van der Waals surface area contributed by atoms with Gasteiger partial charge in [-0.05, 0) is 30.7 Å². The standard InChI is InChI=1S/C18H15N3O4/c1-11-7-8-19-14(11)10-13-17-12(4-3-9-22)15(21(24)25)5-6-16(17)20(2)18(13)23/h5-8,10,19,22H,9H2,1-2H3/b13-10-. The van der Waals surface area contributed by atoms with Gasteiger partial charge in [-0.2, -0.15) is 0 Å². The van der Waals surface area contributed by atoms with Gasteiger partial charge in [0.1, 0.15) is 12.2 Å². The highest BCUT2D eigenvalue weighted by atomic mass is 16.6. The number of carbonyl (C=O) groups excluding carboxylic acids is 1. The Bertz CT molecular complexity index is 976. The molecule has 2 aromatic rings. The number of aliphatic hydroxyl groups excluding tert-OH is 1. The molecule has 0 saturated carbocycles. The van der Waals surface area contributed by atoms with Crippen molar-refractivity contribution < 1.29 is 14.8 Å². The quantitative estimate of drug-likeness (QED) is 0.379. The highest BCUT2D eigenvalue weighted by Gasteiger charge is 2.35. The summed E-state index contributed by atoms with van der Waals surface area (Å²) >= 11 is 0. The summed E-state index contributed by atoms with van der Waals surface area (Å²) in [7, 11) is 1.61. The highest BCUT2D eigenvalue weighted by molar-refractivity contribution is 6.36. The molecule has 0 aliphatic carbocycles. The molecular weight excluding hydrogens is 322 g/mol. The molecule has 1 aliphatic rings. The molecule has 1 aliphatic heterocycles. The topological polar surface area (TPSA) is 99.5 Å². The van der Waals surface area contributed by atoms with Crippen molar-refractivity contribution in [3.8, 4) is 11.8 Å². The van der Waals surface area contributed by atoms with Crippen LogP contribution in [0.15, 0.2) is 24.4 Å². The molecule has 7 nitrogen and oxygen atoms in total. The number of hydrogen-bond acceptors (Lipinski definition) is 4. The van der Waals surface area contributed by atoms with Gasteiger partial charge in [-0.15, -0.1) is 0 Å². The molecule has 0 bridgehead atoms. The minimum Gasteiger partial charge on any atom is -0.384 e. The summed E-state index contributed by atoms with van der Waals surface area (Å²) in [6, 6.07) is 4.74. The molecule has 3 rings (SSSR count). The van der Waals surface area contributed by atoms with Crippen molar-refractivity contribution in [3.63, 3.8) is 0 Å². The maximum absolute atomic E-state index is 12.7. The number of amides is 1. The molecule has 7 heteroatoms. The Morgan fingerprint density at radius 2 is 2.16 bits per heavy atom. The molecule has 25 heavy (non-hydrogen) atoms. The molecule has 0 atom stereocenters. The summed E-state index contributed by atoms with van der Waals surface area (Å²) in [6.45, 7) is 1.46. The lowest BCUT2D eigenvalue weighted by atomic mass is 9.97.